The molecule has 0 radical (unpaired) electrons. The van der Waals surface area contributed by atoms with Crippen LogP contribution in [0.1, 0.15) is 11.6 Å². The Labute approximate surface area is 88.6 Å². The van der Waals surface area contributed by atoms with Crippen LogP contribution >= 0.6 is 0 Å². The Bertz CT molecular complexity index is 353. The maximum absolute atomic E-state index is 11.8. The van der Waals surface area contributed by atoms with Crippen molar-refractivity contribution >= 4 is 5.91 Å². The molecule has 1 N–H and O–H groups in total. The number of pyridine rings is 1. The quantitative estimate of drug-likeness (QED) is 0.754. The number of hydrogen-bond acceptors (Lipinski definition) is 3. The molecule has 15 heavy (non-hydrogen) atoms. The molecule has 1 saturated heterocycles. The third-order valence-corrected chi connectivity index (χ3v) is 2.86. The Hall–Kier alpha value is -1.42. The van der Waals surface area contributed by atoms with E-state index < -0.39 is 0 Å². The molecule has 4 nitrogen and oxygen atoms in total. The van der Waals surface area contributed by atoms with E-state index in [9.17, 15) is 9.90 Å². The normalized spacial score (nSPS) is 26.0. The van der Waals surface area contributed by atoms with Crippen molar-refractivity contribution in [1.82, 2.24) is 9.88 Å². The minimum absolute atomic E-state index is 0.0251. The largest absolute Gasteiger partial charge is 0.396 e. The molecule has 0 aliphatic carbocycles. The van der Waals surface area contributed by atoms with E-state index in [1.807, 2.05) is 18.2 Å². The Morgan fingerprint density at radius 3 is 3.00 bits per heavy atom. The fourth-order valence-corrected chi connectivity index (χ4v) is 2.08. The number of aromatic nitrogens is 1. The molecule has 2 atom stereocenters. The van der Waals surface area contributed by atoms with Gasteiger partial charge in [0.2, 0.25) is 5.91 Å². The van der Waals surface area contributed by atoms with Crippen molar-refractivity contribution in [2.24, 2.45) is 5.92 Å². The number of hydrogen-bond donors (Lipinski definition) is 1. The van der Waals surface area contributed by atoms with Gasteiger partial charge in [-0.05, 0) is 12.1 Å². The molecule has 0 spiro atoms. The zero-order valence-electron chi connectivity index (χ0n) is 8.63. The van der Waals surface area contributed by atoms with Crippen LogP contribution in [0.15, 0.2) is 24.4 Å². The molecule has 0 bridgehead atoms. The molecular weight excluding hydrogens is 192 g/mol. The highest BCUT2D eigenvalue weighted by Gasteiger charge is 2.39. The lowest BCUT2D eigenvalue weighted by molar-refractivity contribution is -0.128. The molecule has 2 heterocycles. The summed E-state index contributed by atoms with van der Waals surface area (Å²) < 4.78 is 0. The van der Waals surface area contributed by atoms with Crippen LogP contribution in [0, 0.1) is 5.92 Å². The first-order valence-electron chi connectivity index (χ1n) is 5.01. The van der Waals surface area contributed by atoms with Crippen LogP contribution in [0.4, 0.5) is 0 Å². The molecule has 1 aromatic heterocycles. The number of carbonyl (C=O) groups is 1. The van der Waals surface area contributed by atoms with Crippen molar-refractivity contribution in [2.45, 2.75) is 5.92 Å². The third kappa shape index (κ3) is 1.72. The first-order valence-corrected chi connectivity index (χ1v) is 5.01. The maximum atomic E-state index is 11.8. The van der Waals surface area contributed by atoms with Crippen LogP contribution in [-0.4, -0.2) is 41.1 Å². The van der Waals surface area contributed by atoms with Gasteiger partial charge >= 0.3 is 0 Å². The summed E-state index contributed by atoms with van der Waals surface area (Å²) in [6, 6.07) is 5.52. The summed E-state index contributed by atoms with van der Waals surface area (Å²) in [5.41, 5.74) is 0.755. The molecule has 80 valence electrons. The van der Waals surface area contributed by atoms with Crippen LogP contribution < -0.4 is 0 Å². The zero-order chi connectivity index (χ0) is 10.8. The number of likely N-dealkylation sites (N-methyl/N-ethyl adjacent to an activating group) is 1. The van der Waals surface area contributed by atoms with Crippen molar-refractivity contribution in [3.8, 4) is 0 Å². The number of nitrogens with zero attached hydrogens (tertiary/aromatic N) is 2. The van der Waals surface area contributed by atoms with Crippen molar-refractivity contribution in [3.63, 3.8) is 0 Å². The molecule has 4 heteroatoms. The van der Waals surface area contributed by atoms with Crippen molar-refractivity contribution < 1.29 is 9.90 Å². The van der Waals surface area contributed by atoms with E-state index in [1.165, 1.54) is 0 Å². The lowest BCUT2D eigenvalue weighted by Gasteiger charge is -2.12. The number of amides is 1. The Kier molecular flexibility index (Phi) is 2.68. The van der Waals surface area contributed by atoms with Crippen molar-refractivity contribution in [3.05, 3.63) is 30.1 Å². The van der Waals surface area contributed by atoms with E-state index in [0.29, 0.717) is 6.54 Å². The first-order chi connectivity index (χ1) is 7.24. The highest BCUT2D eigenvalue weighted by molar-refractivity contribution is 5.85. The van der Waals surface area contributed by atoms with Gasteiger partial charge in [-0.1, -0.05) is 6.07 Å². The van der Waals surface area contributed by atoms with Gasteiger partial charge in [0.1, 0.15) is 0 Å². The van der Waals surface area contributed by atoms with Crippen LogP contribution in [0.25, 0.3) is 0 Å². The summed E-state index contributed by atoms with van der Waals surface area (Å²) >= 11 is 0. The van der Waals surface area contributed by atoms with Gasteiger partial charge in [-0.25, -0.2) is 0 Å². The van der Waals surface area contributed by atoms with Crippen LogP contribution in [0.2, 0.25) is 0 Å². The number of aliphatic hydroxyl groups excluding tert-OH is 1. The minimum atomic E-state index is -0.277. The summed E-state index contributed by atoms with van der Waals surface area (Å²) in [5.74, 6) is -0.258. The smallest absolute Gasteiger partial charge is 0.231 e. The Morgan fingerprint density at radius 1 is 1.60 bits per heavy atom. The van der Waals surface area contributed by atoms with Gasteiger partial charge in [0.05, 0.1) is 11.6 Å². The minimum Gasteiger partial charge on any atom is -0.396 e. The second-order valence-corrected chi connectivity index (χ2v) is 3.89. The van der Waals surface area contributed by atoms with E-state index in [2.05, 4.69) is 4.98 Å². The number of likely N-dealkylation sites (tertiary alicyclic amines) is 1. The van der Waals surface area contributed by atoms with Gasteiger partial charge in [-0.2, -0.15) is 0 Å². The molecular formula is C11H14N2O2. The highest BCUT2D eigenvalue weighted by atomic mass is 16.3. The monoisotopic (exact) mass is 206 g/mol. The fraction of sp³-hybridized carbons (Fsp3) is 0.455. The highest BCUT2D eigenvalue weighted by Crippen LogP contribution is 2.31. The van der Waals surface area contributed by atoms with Gasteiger partial charge in [0, 0.05) is 32.3 Å². The molecule has 1 aliphatic heterocycles. The topological polar surface area (TPSA) is 53.4 Å². The zero-order valence-corrected chi connectivity index (χ0v) is 8.63. The van der Waals surface area contributed by atoms with Crippen LogP contribution in [0.3, 0.4) is 0 Å². The van der Waals surface area contributed by atoms with Gasteiger partial charge in [0.15, 0.2) is 0 Å². The summed E-state index contributed by atoms with van der Waals surface area (Å²) in [6.45, 7) is 0.633. The van der Waals surface area contributed by atoms with E-state index in [1.54, 1.807) is 18.1 Å². The number of carbonyl (C=O) groups excluding carboxylic acids is 1. The lowest BCUT2D eigenvalue weighted by atomic mass is 9.93. The first kappa shape index (κ1) is 10.1. The summed E-state index contributed by atoms with van der Waals surface area (Å²) in [6.07, 6.45) is 1.68. The van der Waals surface area contributed by atoms with Crippen molar-refractivity contribution in [1.29, 1.82) is 0 Å². The van der Waals surface area contributed by atoms with Crippen LogP contribution in [0.5, 0.6) is 0 Å². The molecule has 0 saturated carbocycles. The molecule has 1 fully saturated rings. The molecule has 1 amide bonds. The molecule has 2 unspecified atom stereocenters. The van der Waals surface area contributed by atoms with Gasteiger partial charge in [-0.3, -0.25) is 9.78 Å². The van der Waals surface area contributed by atoms with E-state index in [4.69, 9.17) is 0 Å². The van der Waals surface area contributed by atoms with Gasteiger partial charge in [0.25, 0.3) is 0 Å². The molecule has 2 rings (SSSR count). The predicted molar refractivity (Wildman–Crippen MR) is 55.2 cm³/mol. The number of aliphatic hydroxyl groups is 1. The second kappa shape index (κ2) is 3.98. The third-order valence-electron chi connectivity index (χ3n) is 2.86. The van der Waals surface area contributed by atoms with Gasteiger partial charge in [-0.15, -0.1) is 0 Å². The summed E-state index contributed by atoms with van der Waals surface area (Å²) in [4.78, 5) is 17.7. The fourth-order valence-electron chi connectivity index (χ4n) is 2.08. The average Bonchev–Trinajstić information content (AvgIpc) is 2.56. The maximum Gasteiger partial charge on any atom is 0.231 e. The standard InChI is InChI=1S/C11H14N2O2/c1-13-6-8(7-14)10(11(13)15)9-4-2-3-5-12-9/h2-5,8,10,14H,6-7H2,1H3. The van der Waals surface area contributed by atoms with E-state index in [-0.39, 0.29) is 24.3 Å². The van der Waals surface area contributed by atoms with E-state index in [0.717, 1.165) is 5.69 Å². The Balaban J connectivity index is 2.31. The molecule has 1 aromatic rings. The van der Waals surface area contributed by atoms with Crippen LogP contribution in [-0.2, 0) is 4.79 Å². The second-order valence-electron chi connectivity index (χ2n) is 3.89. The lowest BCUT2D eigenvalue weighted by Crippen LogP contribution is -2.22. The van der Waals surface area contributed by atoms with E-state index >= 15 is 0 Å². The number of rotatable bonds is 2. The summed E-state index contributed by atoms with van der Waals surface area (Å²) in [7, 11) is 1.76. The molecule has 0 aromatic carbocycles. The van der Waals surface area contributed by atoms with Crippen molar-refractivity contribution in [2.75, 3.05) is 20.2 Å². The average molecular weight is 206 g/mol. The summed E-state index contributed by atoms with van der Waals surface area (Å²) in [5, 5.41) is 9.23. The van der Waals surface area contributed by atoms with Gasteiger partial charge < -0.3 is 10.0 Å². The molecule has 1 aliphatic rings. The Morgan fingerprint density at radius 2 is 2.40 bits per heavy atom. The SMILES string of the molecule is CN1CC(CO)C(c2ccccn2)C1=O. The predicted octanol–water partition coefficient (Wildman–Crippen LogP) is 0.246.